The van der Waals surface area contributed by atoms with Crippen LogP contribution in [-0.2, 0) is 0 Å². The second-order valence-electron chi connectivity index (χ2n) is 4.44. The Morgan fingerprint density at radius 1 is 1.27 bits per heavy atom. The summed E-state index contributed by atoms with van der Waals surface area (Å²) in [5.41, 5.74) is 3.96. The molecule has 1 N–H and O–H groups in total. The van der Waals surface area contributed by atoms with Crippen molar-refractivity contribution in [3.63, 3.8) is 0 Å². The molecule has 82 valence electrons. The third-order valence-corrected chi connectivity index (χ3v) is 2.28. The molecular formula is C14H21N. The fourth-order valence-corrected chi connectivity index (χ4v) is 1.36. The third-order valence-electron chi connectivity index (χ3n) is 2.28. The van der Waals surface area contributed by atoms with Crippen LogP contribution in [0.4, 0.5) is 0 Å². The van der Waals surface area contributed by atoms with Crippen molar-refractivity contribution in [1.82, 2.24) is 5.32 Å². The molecule has 15 heavy (non-hydrogen) atoms. The molecule has 0 saturated heterocycles. The van der Waals surface area contributed by atoms with Gasteiger partial charge in [0, 0.05) is 12.6 Å². The smallest absolute Gasteiger partial charge is 0.0167 e. The number of hydrogen-bond acceptors (Lipinski definition) is 1. The SMILES string of the molecule is CC(=Cc1ccc(C)cc1)CNC(C)C. The molecule has 0 unspecified atom stereocenters. The van der Waals surface area contributed by atoms with E-state index in [0.29, 0.717) is 6.04 Å². The van der Waals surface area contributed by atoms with Crippen molar-refractivity contribution in [3.8, 4) is 0 Å². The topological polar surface area (TPSA) is 12.0 Å². The van der Waals surface area contributed by atoms with Crippen molar-refractivity contribution in [2.75, 3.05) is 6.54 Å². The Kier molecular flexibility index (Phi) is 4.57. The number of rotatable bonds is 4. The monoisotopic (exact) mass is 203 g/mol. The summed E-state index contributed by atoms with van der Waals surface area (Å²) in [5, 5.41) is 3.41. The molecule has 1 nitrogen and oxygen atoms in total. The minimum Gasteiger partial charge on any atom is -0.311 e. The van der Waals surface area contributed by atoms with Crippen LogP contribution in [0.2, 0.25) is 0 Å². The van der Waals surface area contributed by atoms with E-state index in [1.54, 1.807) is 0 Å². The number of hydrogen-bond donors (Lipinski definition) is 1. The Labute approximate surface area is 93.2 Å². The van der Waals surface area contributed by atoms with Crippen LogP contribution < -0.4 is 5.32 Å². The van der Waals surface area contributed by atoms with Crippen molar-refractivity contribution in [1.29, 1.82) is 0 Å². The fraction of sp³-hybridized carbons (Fsp3) is 0.429. The van der Waals surface area contributed by atoms with Gasteiger partial charge >= 0.3 is 0 Å². The first-order valence-corrected chi connectivity index (χ1v) is 5.55. The Hall–Kier alpha value is -1.08. The number of aryl methyl sites for hydroxylation is 1. The van der Waals surface area contributed by atoms with Gasteiger partial charge in [0.05, 0.1) is 0 Å². The molecule has 1 aromatic rings. The first kappa shape index (κ1) is 12.0. The lowest BCUT2D eigenvalue weighted by molar-refractivity contribution is 0.623. The zero-order valence-corrected chi connectivity index (χ0v) is 10.2. The lowest BCUT2D eigenvalue weighted by atomic mass is 10.1. The molecule has 0 spiro atoms. The van der Waals surface area contributed by atoms with Gasteiger partial charge in [0.1, 0.15) is 0 Å². The lowest BCUT2D eigenvalue weighted by Crippen LogP contribution is -2.24. The van der Waals surface area contributed by atoms with Gasteiger partial charge in [-0.2, -0.15) is 0 Å². The third kappa shape index (κ3) is 4.80. The van der Waals surface area contributed by atoms with Crippen LogP contribution in [0.25, 0.3) is 6.08 Å². The van der Waals surface area contributed by atoms with Gasteiger partial charge in [-0.25, -0.2) is 0 Å². The summed E-state index contributed by atoms with van der Waals surface area (Å²) in [6, 6.07) is 9.17. The van der Waals surface area contributed by atoms with Crippen LogP contribution in [0.3, 0.4) is 0 Å². The second kappa shape index (κ2) is 5.72. The summed E-state index contributed by atoms with van der Waals surface area (Å²) < 4.78 is 0. The van der Waals surface area contributed by atoms with Crippen molar-refractivity contribution < 1.29 is 0 Å². The predicted octanol–water partition coefficient (Wildman–Crippen LogP) is 3.40. The predicted molar refractivity (Wildman–Crippen MR) is 68.0 cm³/mol. The average molecular weight is 203 g/mol. The largest absolute Gasteiger partial charge is 0.311 e. The first-order chi connectivity index (χ1) is 7.08. The van der Waals surface area contributed by atoms with E-state index >= 15 is 0 Å². The zero-order chi connectivity index (χ0) is 11.3. The molecule has 1 rings (SSSR count). The molecule has 0 heterocycles. The van der Waals surface area contributed by atoms with Crippen LogP contribution in [-0.4, -0.2) is 12.6 Å². The Morgan fingerprint density at radius 3 is 2.40 bits per heavy atom. The standard InChI is InChI=1S/C14H21N/c1-11(2)15-10-13(4)9-14-7-5-12(3)6-8-14/h5-9,11,15H,10H2,1-4H3. The van der Waals surface area contributed by atoms with E-state index in [-0.39, 0.29) is 0 Å². The molecule has 0 radical (unpaired) electrons. The van der Waals surface area contributed by atoms with Crippen molar-refractivity contribution in [2.24, 2.45) is 0 Å². The van der Waals surface area contributed by atoms with Crippen LogP contribution in [0.5, 0.6) is 0 Å². The molecule has 0 aliphatic carbocycles. The summed E-state index contributed by atoms with van der Waals surface area (Å²) in [4.78, 5) is 0. The Balaban J connectivity index is 2.58. The zero-order valence-electron chi connectivity index (χ0n) is 10.2. The molecule has 0 amide bonds. The fourth-order valence-electron chi connectivity index (χ4n) is 1.36. The maximum absolute atomic E-state index is 3.41. The van der Waals surface area contributed by atoms with E-state index in [2.05, 4.69) is 63.4 Å². The molecule has 0 aliphatic rings. The molecule has 0 atom stereocenters. The van der Waals surface area contributed by atoms with Gasteiger partial charge in [0.2, 0.25) is 0 Å². The van der Waals surface area contributed by atoms with Crippen molar-refractivity contribution >= 4 is 6.08 Å². The maximum Gasteiger partial charge on any atom is 0.0167 e. The quantitative estimate of drug-likeness (QED) is 0.791. The highest BCUT2D eigenvalue weighted by molar-refractivity contribution is 5.53. The van der Waals surface area contributed by atoms with Gasteiger partial charge in [-0.15, -0.1) is 0 Å². The molecule has 0 aromatic heterocycles. The summed E-state index contributed by atoms with van der Waals surface area (Å²) in [7, 11) is 0. The van der Waals surface area contributed by atoms with Crippen molar-refractivity contribution in [2.45, 2.75) is 33.7 Å². The van der Waals surface area contributed by atoms with Gasteiger partial charge in [-0.05, 0) is 19.4 Å². The highest BCUT2D eigenvalue weighted by Gasteiger charge is 1.94. The molecule has 0 saturated carbocycles. The molecule has 0 fully saturated rings. The molecule has 0 aliphatic heterocycles. The summed E-state index contributed by atoms with van der Waals surface area (Å²) in [6.07, 6.45) is 2.23. The molecule has 1 aromatic carbocycles. The van der Waals surface area contributed by atoms with E-state index in [0.717, 1.165) is 6.54 Å². The van der Waals surface area contributed by atoms with Gasteiger partial charge in [-0.1, -0.05) is 55.3 Å². The highest BCUT2D eigenvalue weighted by atomic mass is 14.9. The average Bonchev–Trinajstić information content (AvgIpc) is 2.19. The lowest BCUT2D eigenvalue weighted by Gasteiger charge is -2.08. The van der Waals surface area contributed by atoms with Crippen LogP contribution >= 0.6 is 0 Å². The van der Waals surface area contributed by atoms with Crippen LogP contribution in [0, 0.1) is 6.92 Å². The second-order valence-corrected chi connectivity index (χ2v) is 4.44. The van der Waals surface area contributed by atoms with E-state index in [4.69, 9.17) is 0 Å². The van der Waals surface area contributed by atoms with E-state index in [1.807, 2.05) is 0 Å². The minimum absolute atomic E-state index is 0.548. The number of benzene rings is 1. The van der Waals surface area contributed by atoms with Gasteiger partial charge in [-0.3, -0.25) is 0 Å². The van der Waals surface area contributed by atoms with Gasteiger partial charge in [0.15, 0.2) is 0 Å². The summed E-state index contributed by atoms with van der Waals surface area (Å²) >= 11 is 0. The maximum atomic E-state index is 3.41. The van der Waals surface area contributed by atoms with Gasteiger partial charge in [0.25, 0.3) is 0 Å². The summed E-state index contributed by atoms with van der Waals surface area (Å²) in [5.74, 6) is 0. The van der Waals surface area contributed by atoms with Crippen LogP contribution in [0.1, 0.15) is 31.9 Å². The molecular weight excluding hydrogens is 182 g/mol. The highest BCUT2D eigenvalue weighted by Crippen LogP contribution is 2.07. The summed E-state index contributed by atoms with van der Waals surface area (Å²) in [6.45, 7) is 9.57. The minimum atomic E-state index is 0.548. The Morgan fingerprint density at radius 2 is 1.87 bits per heavy atom. The molecule has 0 bridgehead atoms. The van der Waals surface area contributed by atoms with E-state index < -0.39 is 0 Å². The van der Waals surface area contributed by atoms with E-state index in [9.17, 15) is 0 Å². The molecule has 1 heteroatoms. The van der Waals surface area contributed by atoms with Gasteiger partial charge < -0.3 is 5.32 Å². The Bertz CT molecular complexity index is 320. The van der Waals surface area contributed by atoms with Crippen molar-refractivity contribution in [3.05, 3.63) is 41.0 Å². The van der Waals surface area contributed by atoms with Crippen LogP contribution in [0.15, 0.2) is 29.8 Å². The first-order valence-electron chi connectivity index (χ1n) is 5.55. The number of nitrogens with one attached hydrogen (secondary N) is 1. The van der Waals surface area contributed by atoms with E-state index in [1.165, 1.54) is 16.7 Å². The normalized spacial score (nSPS) is 12.2.